The first kappa shape index (κ1) is 8.95. The molecule has 2 atom stereocenters. The summed E-state index contributed by atoms with van der Waals surface area (Å²) in [6.07, 6.45) is 4.00. The topological polar surface area (TPSA) is 12.9 Å². The van der Waals surface area contributed by atoms with Crippen LogP contribution in [0, 0.1) is 11.7 Å². The summed E-state index contributed by atoms with van der Waals surface area (Å²) in [4.78, 5) is 3.84. The summed E-state index contributed by atoms with van der Waals surface area (Å²) in [6.45, 7) is 2.11. The van der Waals surface area contributed by atoms with Gasteiger partial charge in [-0.3, -0.25) is 4.98 Å². The van der Waals surface area contributed by atoms with Gasteiger partial charge < -0.3 is 0 Å². The molecule has 1 saturated carbocycles. The molecular formula is C10H11ClFN. The van der Waals surface area contributed by atoms with E-state index in [0.717, 1.165) is 12.0 Å². The number of hydrogen-bond acceptors (Lipinski definition) is 1. The lowest BCUT2D eigenvalue weighted by Crippen LogP contribution is -2.06. The van der Waals surface area contributed by atoms with Gasteiger partial charge in [-0.2, -0.15) is 0 Å². The highest BCUT2D eigenvalue weighted by atomic mass is 35.5. The van der Waals surface area contributed by atoms with Crippen LogP contribution in [0.5, 0.6) is 0 Å². The van der Waals surface area contributed by atoms with E-state index in [-0.39, 0.29) is 11.2 Å². The Bertz CT molecular complexity index is 328. The monoisotopic (exact) mass is 199 g/mol. The Morgan fingerprint density at radius 2 is 2.46 bits per heavy atom. The van der Waals surface area contributed by atoms with E-state index in [4.69, 9.17) is 11.6 Å². The third-order valence-corrected chi connectivity index (χ3v) is 3.33. The van der Waals surface area contributed by atoms with Crippen molar-refractivity contribution in [3.8, 4) is 0 Å². The van der Waals surface area contributed by atoms with Gasteiger partial charge in [-0.1, -0.05) is 6.92 Å². The predicted octanol–water partition coefficient (Wildman–Crippen LogP) is 2.74. The van der Waals surface area contributed by atoms with Gasteiger partial charge in [0.15, 0.2) is 0 Å². The fourth-order valence-corrected chi connectivity index (χ4v) is 2.21. The van der Waals surface area contributed by atoms with Crippen LogP contribution in [0.2, 0.25) is 0 Å². The van der Waals surface area contributed by atoms with Crippen LogP contribution in [0.25, 0.3) is 0 Å². The quantitative estimate of drug-likeness (QED) is 0.668. The number of pyridine rings is 1. The van der Waals surface area contributed by atoms with Crippen LogP contribution in [0.3, 0.4) is 0 Å². The summed E-state index contributed by atoms with van der Waals surface area (Å²) in [7, 11) is 0. The van der Waals surface area contributed by atoms with Crippen LogP contribution in [-0.2, 0) is 5.41 Å². The van der Waals surface area contributed by atoms with Crippen molar-refractivity contribution in [2.24, 2.45) is 5.92 Å². The number of halogens is 2. The minimum atomic E-state index is -0.265. The molecule has 1 fully saturated rings. The van der Waals surface area contributed by atoms with Gasteiger partial charge in [-0.15, -0.1) is 11.6 Å². The fourth-order valence-electron chi connectivity index (χ4n) is 1.76. The summed E-state index contributed by atoms with van der Waals surface area (Å²) in [5.41, 5.74) is 1.04. The van der Waals surface area contributed by atoms with E-state index in [1.165, 1.54) is 6.20 Å². The average Bonchev–Trinajstić information content (AvgIpc) is 2.79. The van der Waals surface area contributed by atoms with Crippen molar-refractivity contribution in [3.05, 3.63) is 29.8 Å². The van der Waals surface area contributed by atoms with Gasteiger partial charge >= 0.3 is 0 Å². The van der Waals surface area contributed by atoms with Gasteiger partial charge in [0.1, 0.15) is 5.82 Å². The highest BCUT2D eigenvalue weighted by molar-refractivity contribution is 6.18. The maximum absolute atomic E-state index is 12.9. The average molecular weight is 200 g/mol. The van der Waals surface area contributed by atoms with Crippen LogP contribution in [0.1, 0.15) is 18.9 Å². The van der Waals surface area contributed by atoms with Gasteiger partial charge in [-0.05, 0) is 29.4 Å². The number of nitrogens with zero attached hydrogens (tertiary/aromatic N) is 1. The molecule has 2 unspecified atom stereocenters. The van der Waals surface area contributed by atoms with E-state index in [1.807, 2.05) is 0 Å². The van der Waals surface area contributed by atoms with Crippen molar-refractivity contribution >= 4 is 11.6 Å². The Morgan fingerprint density at radius 1 is 1.69 bits per heavy atom. The first-order valence-electron chi connectivity index (χ1n) is 4.34. The smallest absolute Gasteiger partial charge is 0.141 e. The first-order chi connectivity index (χ1) is 6.16. The van der Waals surface area contributed by atoms with Gasteiger partial charge in [0, 0.05) is 12.1 Å². The summed E-state index contributed by atoms with van der Waals surface area (Å²) in [5.74, 6) is 0.865. The molecule has 1 aliphatic rings. The third kappa shape index (κ3) is 1.44. The molecule has 3 heteroatoms. The van der Waals surface area contributed by atoms with E-state index in [1.54, 1.807) is 12.3 Å². The number of rotatable bonds is 2. The molecule has 2 rings (SSSR count). The molecule has 1 aromatic rings. The molecule has 0 N–H and O–H groups in total. The van der Waals surface area contributed by atoms with Crippen molar-refractivity contribution in [1.82, 2.24) is 4.98 Å². The largest absolute Gasteiger partial charge is 0.261 e. The molecule has 0 radical (unpaired) electrons. The maximum atomic E-state index is 12.9. The second-order valence-electron chi connectivity index (χ2n) is 3.86. The SMILES string of the molecule is CC1(c2cncc(F)c2)CC1CCl. The Hall–Kier alpha value is -0.630. The van der Waals surface area contributed by atoms with Gasteiger partial charge in [0.25, 0.3) is 0 Å². The van der Waals surface area contributed by atoms with Crippen LogP contribution in [0.4, 0.5) is 4.39 Å². The lowest BCUT2D eigenvalue weighted by atomic mass is 9.98. The Kier molecular flexibility index (Phi) is 2.03. The number of aromatic nitrogens is 1. The Morgan fingerprint density at radius 3 is 3.00 bits per heavy atom. The molecule has 1 aromatic heterocycles. The second kappa shape index (κ2) is 2.95. The van der Waals surface area contributed by atoms with Gasteiger partial charge in [0.2, 0.25) is 0 Å². The lowest BCUT2D eigenvalue weighted by molar-refractivity contribution is 0.608. The number of alkyl halides is 1. The van der Waals surface area contributed by atoms with Crippen molar-refractivity contribution in [1.29, 1.82) is 0 Å². The molecule has 0 spiro atoms. The number of hydrogen-bond donors (Lipinski definition) is 0. The lowest BCUT2D eigenvalue weighted by Gasteiger charge is -2.09. The van der Waals surface area contributed by atoms with Crippen molar-refractivity contribution in [2.75, 3.05) is 5.88 Å². The summed E-state index contributed by atoms with van der Waals surface area (Å²) >= 11 is 5.76. The van der Waals surface area contributed by atoms with Crippen LogP contribution < -0.4 is 0 Å². The zero-order valence-electron chi connectivity index (χ0n) is 7.43. The molecule has 0 saturated heterocycles. The Balaban J connectivity index is 2.27. The minimum Gasteiger partial charge on any atom is -0.261 e. The van der Waals surface area contributed by atoms with Crippen molar-refractivity contribution in [3.63, 3.8) is 0 Å². The van der Waals surface area contributed by atoms with Gasteiger partial charge in [-0.25, -0.2) is 4.39 Å². The van der Waals surface area contributed by atoms with Crippen LogP contribution >= 0.6 is 11.6 Å². The molecule has 0 aromatic carbocycles. The molecule has 1 aliphatic carbocycles. The zero-order chi connectivity index (χ0) is 9.47. The standard InChI is InChI=1S/C10H11ClFN/c1-10(3-8(10)4-11)7-2-9(12)6-13-5-7/h2,5-6,8H,3-4H2,1H3. The van der Waals surface area contributed by atoms with Crippen molar-refractivity contribution < 1.29 is 4.39 Å². The van der Waals surface area contributed by atoms with E-state index in [9.17, 15) is 4.39 Å². The summed E-state index contributed by atoms with van der Waals surface area (Å²) in [5, 5.41) is 0. The summed E-state index contributed by atoms with van der Waals surface area (Å²) < 4.78 is 12.9. The Labute approximate surface area is 81.9 Å². The molecule has 70 valence electrons. The molecular weight excluding hydrogens is 189 g/mol. The van der Waals surface area contributed by atoms with E-state index in [2.05, 4.69) is 11.9 Å². The molecule has 0 amide bonds. The molecule has 1 heterocycles. The fraction of sp³-hybridized carbons (Fsp3) is 0.500. The maximum Gasteiger partial charge on any atom is 0.141 e. The van der Waals surface area contributed by atoms with Crippen LogP contribution in [-0.4, -0.2) is 10.9 Å². The minimum absolute atomic E-state index is 0.0663. The normalized spacial score (nSPS) is 31.8. The van der Waals surface area contributed by atoms with E-state index in [0.29, 0.717) is 11.8 Å². The highest BCUT2D eigenvalue weighted by Crippen LogP contribution is 2.54. The van der Waals surface area contributed by atoms with E-state index < -0.39 is 0 Å². The molecule has 0 bridgehead atoms. The molecule has 13 heavy (non-hydrogen) atoms. The summed E-state index contributed by atoms with van der Waals surface area (Å²) in [6, 6.07) is 1.56. The van der Waals surface area contributed by atoms with Crippen LogP contribution in [0.15, 0.2) is 18.5 Å². The molecule has 0 aliphatic heterocycles. The van der Waals surface area contributed by atoms with Crippen molar-refractivity contribution in [2.45, 2.75) is 18.8 Å². The third-order valence-electron chi connectivity index (χ3n) is 2.96. The van der Waals surface area contributed by atoms with E-state index >= 15 is 0 Å². The first-order valence-corrected chi connectivity index (χ1v) is 4.87. The van der Waals surface area contributed by atoms with Gasteiger partial charge in [0.05, 0.1) is 6.20 Å². The second-order valence-corrected chi connectivity index (χ2v) is 4.17. The molecule has 1 nitrogen and oxygen atoms in total. The zero-order valence-corrected chi connectivity index (χ0v) is 8.18. The predicted molar refractivity (Wildman–Crippen MR) is 50.4 cm³/mol. The highest BCUT2D eigenvalue weighted by Gasteiger charge is 2.50.